The fourth-order valence-electron chi connectivity index (χ4n) is 3.53. The van der Waals surface area contributed by atoms with Gasteiger partial charge in [-0.05, 0) is 18.4 Å². The highest BCUT2D eigenvalue weighted by molar-refractivity contribution is 5.97. The minimum Gasteiger partial charge on any atom is -0.497 e. The molecule has 2 amide bonds. The highest BCUT2D eigenvalue weighted by atomic mass is 16.5. The van der Waals surface area contributed by atoms with E-state index in [2.05, 4.69) is 5.32 Å². The predicted molar refractivity (Wildman–Crippen MR) is 102 cm³/mol. The van der Waals surface area contributed by atoms with Gasteiger partial charge >= 0.3 is 0 Å². The number of nitrogens with one attached hydrogen (secondary N) is 1. The molecule has 6 heteroatoms. The van der Waals surface area contributed by atoms with Crippen LogP contribution < -0.4 is 5.32 Å². The molecule has 27 heavy (non-hydrogen) atoms. The number of hydrogen-bond donors (Lipinski definition) is 1. The fraction of sp³-hybridized carbons (Fsp3) is 0.524. The Morgan fingerprint density at radius 1 is 1.15 bits per heavy atom. The Balaban J connectivity index is 1.77. The summed E-state index contributed by atoms with van der Waals surface area (Å²) >= 11 is 0. The molecule has 1 unspecified atom stereocenters. The second kappa shape index (κ2) is 9.55. The van der Waals surface area contributed by atoms with Crippen LogP contribution in [0.3, 0.4) is 0 Å². The van der Waals surface area contributed by atoms with Gasteiger partial charge in [-0.2, -0.15) is 0 Å². The third-order valence-electron chi connectivity index (χ3n) is 4.99. The summed E-state index contributed by atoms with van der Waals surface area (Å²) in [5.41, 5.74) is 1.70. The maximum Gasteiger partial charge on any atom is 0.251 e. The van der Waals surface area contributed by atoms with Gasteiger partial charge in [-0.25, -0.2) is 0 Å². The first kappa shape index (κ1) is 19.4. The number of benzene rings is 1. The molecule has 1 atom stereocenters. The van der Waals surface area contributed by atoms with E-state index in [1.165, 1.54) is 0 Å². The Bertz CT molecular complexity index is 681. The van der Waals surface area contributed by atoms with Crippen molar-refractivity contribution < 1.29 is 19.1 Å². The first-order chi connectivity index (χ1) is 13.2. The molecule has 0 radical (unpaired) electrons. The molecule has 1 aromatic rings. The highest BCUT2D eigenvalue weighted by Crippen LogP contribution is 2.22. The molecular formula is C21H28N2O4. The SMILES string of the molecule is CCC1=C(C(=O)NC(Cc2ccccc2)C(=O)N2CCOCC2)CCCO1. The number of nitrogens with zero attached hydrogens (tertiary/aromatic N) is 1. The molecule has 2 aliphatic heterocycles. The van der Waals surface area contributed by atoms with E-state index in [1.807, 2.05) is 37.3 Å². The van der Waals surface area contributed by atoms with Crippen molar-refractivity contribution in [3.8, 4) is 0 Å². The smallest absolute Gasteiger partial charge is 0.251 e. The summed E-state index contributed by atoms with van der Waals surface area (Å²) in [5.74, 6) is 0.510. The molecule has 146 valence electrons. The average Bonchev–Trinajstić information content (AvgIpc) is 2.74. The van der Waals surface area contributed by atoms with Crippen molar-refractivity contribution in [1.82, 2.24) is 10.2 Å². The maximum atomic E-state index is 13.1. The summed E-state index contributed by atoms with van der Waals surface area (Å²) in [6.45, 7) is 4.83. The molecule has 0 saturated carbocycles. The lowest BCUT2D eigenvalue weighted by Gasteiger charge is -2.31. The summed E-state index contributed by atoms with van der Waals surface area (Å²) in [5, 5.41) is 2.99. The zero-order valence-electron chi connectivity index (χ0n) is 15.9. The lowest BCUT2D eigenvalue weighted by Crippen LogP contribution is -2.53. The molecule has 2 aliphatic rings. The topological polar surface area (TPSA) is 67.9 Å². The van der Waals surface area contributed by atoms with E-state index in [-0.39, 0.29) is 11.8 Å². The normalized spacial score (nSPS) is 18.6. The number of carbonyl (C=O) groups excluding carboxylic acids is 2. The van der Waals surface area contributed by atoms with Crippen molar-refractivity contribution in [2.75, 3.05) is 32.9 Å². The number of hydrogen-bond acceptors (Lipinski definition) is 4. The van der Waals surface area contributed by atoms with Crippen LogP contribution in [-0.4, -0.2) is 55.7 Å². The average molecular weight is 372 g/mol. The fourth-order valence-corrected chi connectivity index (χ4v) is 3.53. The van der Waals surface area contributed by atoms with Crippen molar-refractivity contribution in [2.24, 2.45) is 0 Å². The van der Waals surface area contributed by atoms with Gasteiger partial charge < -0.3 is 19.7 Å². The molecule has 1 N–H and O–H groups in total. The lowest BCUT2D eigenvalue weighted by atomic mass is 10.0. The van der Waals surface area contributed by atoms with Gasteiger partial charge in [0.2, 0.25) is 5.91 Å². The van der Waals surface area contributed by atoms with E-state index in [0.717, 1.165) is 17.7 Å². The molecular weight excluding hydrogens is 344 g/mol. The number of rotatable bonds is 6. The minimum absolute atomic E-state index is 0.0501. The molecule has 0 spiro atoms. The summed E-state index contributed by atoms with van der Waals surface area (Å²) < 4.78 is 11.0. The maximum absolute atomic E-state index is 13.1. The third kappa shape index (κ3) is 5.10. The van der Waals surface area contributed by atoms with Crippen molar-refractivity contribution in [2.45, 2.75) is 38.6 Å². The van der Waals surface area contributed by atoms with Crippen molar-refractivity contribution in [1.29, 1.82) is 0 Å². The Morgan fingerprint density at radius 3 is 2.59 bits per heavy atom. The highest BCUT2D eigenvalue weighted by Gasteiger charge is 2.29. The molecule has 0 aliphatic carbocycles. The number of allylic oxidation sites excluding steroid dienone is 1. The Labute approximate surface area is 160 Å². The van der Waals surface area contributed by atoms with Gasteiger partial charge in [0.25, 0.3) is 5.91 Å². The zero-order valence-corrected chi connectivity index (χ0v) is 15.9. The van der Waals surface area contributed by atoms with Gasteiger partial charge in [0.15, 0.2) is 0 Å². The Hall–Kier alpha value is -2.34. The molecule has 1 saturated heterocycles. The van der Waals surface area contributed by atoms with Crippen LogP contribution in [-0.2, 0) is 25.5 Å². The van der Waals surface area contributed by atoms with Gasteiger partial charge in [-0.3, -0.25) is 9.59 Å². The standard InChI is InChI=1S/C21H28N2O4/c1-2-19-17(9-6-12-27-19)20(24)22-18(15-16-7-4-3-5-8-16)21(25)23-10-13-26-14-11-23/h3-5,7-8,18H,2,6,9-15H2,1H3,(H,22,24). The monoisotopic (exact) mass is 372 g/mol. The van der Waals surface area contributed by atoms with Crippen LogP contribution in [0.5, 0.6) is 0 Å². The lowest BCUT2D eigenvalue weighted by molar-refractivity contribution is -0.139. The summed E-state index contributed by atoms with van der Waals surface area (Å²) in [7, 11) is 0. The van der Waals surface area contributed by atoms with E-state index < -0.39 is 6.04 Å². The number of carbonyl (C=O) groups is 2. The van der Waals surface area contributed by atoms with Crippen molar-refractivity contribution >= 4 is 11.8 Å². The molecule has 0 aromatic heterocycles. The Kier molecular flexibility index (Phi) is 6.87. The third-order valence-corrected chi connectivity index (χ3v) is 4.99. The van der Waals surface area contributed by atoms with Crippen LogP contribution >= 0.6 is 0 Å². The summed E-state index contributed by atoms with van der Waals surface area (Å²) in [6, 6.07) is 9.20. The van der Waals surface area contributed by atoms with Crippen LogP contribution in [0.15, 0.2) is 41.7 Å². The van der Waals surface area contributed by atoms with E-state index in [4.69, 9.17) is 9.47 Å². The van der Waals surface area contributed by atoms with Gasteiger partial charge in [0.05, 0.1) is 25.4 Å². The molecule has 0 bridgehead atoms. The van der Waals surface area contributed by atoms with Crippen LogP contribution in [0.4, 0.5) is 0 Å². The van der Waals surface area contributed by atoms with Crippen molar-refractivity contribution in [3.63, 3.8) is 0 Å². The van der Waals surface area contributed by atoms with Gasteiger partial charge in [-0.15, -0.1) is 0 Å². The van der Waals surface area contributed by atoms with Gasteiger partial charge in [0.1, 0.15) is 11.8 Å². The van der Waals surface area contributed by atoms with E-state index in [0.29, 0.717) is 57.7 Å². The second-order valence-electron chi connectivity index (χ2n) is 6.86. The van der Waals surface area contributed by atoms with E-state index in [1.54, 1.807) is 4.90 Å². The summed E-state index contributed by atoms with van der Waals surface area (Å²) in [6.07, 6.45) is 2.67. The Morgan fingerprint density at radius 2 is 1.89 bits per heavy atom. The largest absolute Gasteiger partial charge is 0.497 e. The number of ether oxygens (including phenoxy) is 2. The predicted octanol–water partition coefficient (Wildman–Crippen LogP) is 2.05. The second-order valence-corrected chi connectivity index (χ2v) is 6.86. The van der Waals surface area contributed by atoms with E-state index in [9.17, 15) is 9.59 Å². The van der Waals surface area contributed by atoms with Crippen LogP contribution in [0.2, 0.25) is 0 Å². The quantitative estimate of drug-likeness (QED) is 0.830. The van der Waals surface area contributed by atoms with Crippen LogP contribution in [0.25, 0.3) is 0 Å². The summed E-state index contributed by atoms with van der Waals surface area (Å²) in [4.78, 5) is 27.8. The molecule has 2 heterocycles. The molecule has 6 nitrogen and oxygen atoms in total. The minimum atomic E-state index is -0.592. The number of amides is 2. The molecule has 3 rings (SSSR count). The van der Waals surface area contributed by atoms with E-state index >= 15 is 0 Å². The number of morpholine rings is 1. The van der Waals surface area contributed by atoms with Gasteiger partial charge in [-0.1, -0.05) is 37.3 Å². The van der Waals surface area contributed by atoms with Crippen LogP contribution in [0.1, 0.15) is 31.7 Å². The molecule has 1 fully saturated rings. The first-order valence-corrected chi connectivity index (χ1v) is 9.75. The van der Waals surface area contributed by atoms with Crippen LogP contribution in [0, 0.1) is 0 Å². The zero-order chi connectivity index (χ0) is 19.1. The molecule has 1 aromatic carbocycles. The first-order valence-electron chi connectivity index (χ1n) is 9.75. The van der Waals surface area contributed by atoms with Gasteiger partial charge in [0, 0.05) is 25.9 Å². The van der Waals surface area contributed by atoms with Crippen molar-refractivity contribution in [3.05, 3.63) is 47.2 Å².